The highest BCUT2D eigenvalue weighted by atomic mass is 16.3. The molecule has 1 aliphatic rings. The molecule has 1 nitrogen and oxygen atoms in total. The number of hydrogen-bond donors (Lipinski definition) is 1. The van der Waals surface area contributed by atoms with E-state index in [4.69, 9.17) is 0 Å². The smallest absolute Gasteiger partial charge is 0.0712 e. The standard InChI is InChI=1S/C14H22O/c1-2-3-4-7-10-13-11-8-5-6-9-12-14(13)15/h8,11,13-15H,2-6,9,12H2,1H3/b11-8-/t13-,14-/m0/s1. The lowest BCUT2D eigenvalue weighted by atomic mass is 9.94. The van der Waals surface area contributed by atoms with Crippen LogP contribution in [0.25, 0.3) is 0 Å². The summed E-state index contributed by atoms with van der Waals surface area (Å²) >= 11 is 0. The van der Waals surface area contributed by atoms with E-state index in [-0.39, 0.29) is 12.0 Å². The Morgan fingerprint density at radius 3 is 3.07 bits per heavy atom. The molecule has 0 bridgehead atoms. The molecule has 0 aromatic carbocycles. The van der Waals surface area contributed by atoms with Crippen LogP contribution < -0.4 is 0 Å². The van der Waals surface area contributed by atoms with Gasteiger partial charge in [-0.3, -0.25) is 0 Å². The maximum absolute atomic E-state index is 9.88. The van der Waals surface area contributed by atoms with E-state index in [1.807, 2.05) is 0 Å². The Hall–Kier alpha value is -0.740. The summed E-state index contributed by atoms with van der Waals surface area (Å²) in [6, 6.07) is 0. The van der Waals surface area contributed by atoms with E-state index in [1.54, 1.807) is 0 Å². The number of aliphatic hydroxyl groups is 1. The van der Waals surface area contributed by atoms with Crippen molar-refractivity contribution in [2.75, 3.05) is 0 Å². The Morgan fingerprint density at radius 1 is 1.40 bits per heavy atom. The van der Waals surface area contributed by atoms with E-state index in [9.17, 15) is 5.11 Å². The lowest BCUT2D eigenvalue weighted by molar-refractivity contribution is 0.137. The van der Waals surface area contributed by atoms with Crippen LogP contribution in [0.2, 0.25) is 0 Å². The van der Waals surface area contributed by atoms with Crippen molar-refractivity contribution < 1.29 is 5.11 Å². The predicted molar refractivity (Wildman–Crippen MR) is 64.4 cm³/mol. The van der Waals surface area contributed by atoms with E-state index in [0.29, 0.717) is 0 Å². The Kier molecular flexibility index (Phi) is 6.20. The van der Waals surface area contributed by atoms with Crippen LogP contribution in [0.1, 0.15) is 51.9 Å². The zero-order chi connectivity index (χ0) is 10.9. The van der Waals surface area contributed by atoms with Gasteiger partial charge in [-0.05, 0) is 25.7 Å². The van der Waals surface area contributed by atoms with E-state index in [2.05, 4.69) is 30.9 Å². The molecule has 2 atom stereocenters. The monoisotopic (exact) mass is 206 g/mol. The number of unbranched alkanes of at least 4 members (excludes halogenated alkanes) is 2. The summed E-state index contributed by atoms with van der Waals surface area (Å²) in [6.07, 6.45) is 11.7. The fourth-order valence-corrected chi connectivity index (χ4v) is 1.77. The second kappa shape index (κ2) is 7.54. The maximum atomic E-state index is 9.88. The maximum Gasteiger partial charge on any atom is 0.0712 e. The summed E-state index contributed by atoms with van der Waals surface area (Å²) in [4.78, 5) is 0. The molecule has 0 amide bonds. The number of allylic oxidation sites excluding steroid dienone is 1. The van der Waals surface area contributed by atoms with Gasteiger partial charge in [0.2, 0.25) is 0 Å². The molecule has 0 saturated carbocycles. The predicted octanol–water partition coefficient (Wildman–Crippen LogP) is 3.29. The Bertz CT molecular complexity index is 244. The molecule has 1 rings (SSSR count). The van der Waals surface area contributed by atoms with E-state index in [1.165, 1.54) is 19.3 Å². The van der Waals surface area contributed by atoms with Gasteiger partial charge in [-0.15, -0.1) is 5.92 Å². The van der Waals surface area contributed by atoms with Crippen LogP contribution in [0, 0.1) is 17.8 Å². The molecule has 0 aliphatic heterocycles. The van der Waals surface area contributed by atoms with Crippen LogP contribution in [0.4, 0.5) is 0 Å². The summed E-state index contributed by atoms with van der Waals surface area (Å²) in [5.74, 6) is 6.43. The SMILES string of the molecule is CCCCC#C[C@H]1/C=C\CCCC[C@@H]1O. The van der Waals surface area contributed by atoms with Crippen LogP contribution >= 0.6 is 0 Å². The molecule has 15 heavy (non-hydrogen) atoms. The van der Waals surface area contributed by atoms with Crippen molar-refractivity contribution >= 4 is 0 Å². The molecule has 1 aliphatic carbocycles. The van der Waals surface area contributed by atoms with Crippen molar-refractivity contribution in [3.63, 3.8) is 0 Å². The highest BCUT2D eigenvalue weighted by molar-refractivity contribution is 5.13. The molecule has 0 fully saturated rings. The number of hydrogen-bond acceptors (Lipinski definition) is 1. The van der Waals surface area contributed by atoms with Crippen LogP contribution in [0.15, 0.2) is 12.2 Å². The summed E-state index contributed by atoms with van der Waals surface area (Å²) in [7, 11) is 0. The molecular formula is C14H22O. The zero-order valence-corrected chi connectivity index (χ0v) is 9.71. The van der Waals surface area contributed by atoms with Crippen molar-refractivity contribution in [3.8, 4) is 11.8 Å². The normalized spacial score (nSPS) is 28.4. The van der Waals surface area contributed by atoms with Gasteiger partial charge in [0.1, 0.15) is 0 Å². The summed E-state index contributed by atoms with van der Waals surface area (Å²) in [5, 5.41) is 9.88. The van der Waals surface area contributed by atoms with Crippen molar-refractivity contribution in [2.24, 2.45) is 5.92 Å². The van der Waals surface area contributed by atoms with Crippen molar-refractivity contribution in [2.45, 2.75) is 58.0 Å². The first kappa shape index (κ1) is 12.3. The minimum atomic E-state index is -0.254. The summed E-state index contributed by atoms with van der Waals surface area (Å²) in [5.41, 5.74) is 0. The molecule has 1 heteroatoms. The van der Waals surface area contributed by atoms with Crippen molar-refractivity contribution in [1.29, 1.82) is 0 Å². The molecule has 0 spiro atoms. The van der Waals surface area contributed by atoms with Gasteiger partial charge in [0.05, 0.1) is 12.0 Å². The molecule has 0 aromatic heterocycles. The average molecular weight is 206 g/mol. The molecule has 0 unspecified atom stereocenters. The van der Waals surface area contributed by atoms with Gasteiger partial charge in [-0.1, -0.05) is 37.8 Å². The molecule has 0 saturated heterocycles. The van der Waals surface area contributed by atoms with Crippen LogP contribution in [-0.2, 0) is 0 Å². The van der Waals surface area contributed by atoms with E-state index in [0.717, 1.165) is 25.7 Å². The second-order valence-corrected chi connectivity index (χ2v) is 4.23. The zero-order valence-electron chi connectivity index (χ0n) is 9.71. The third-order valence-electron chi connectivity index (χ3n) is 2.80. The first-order valence-corrected chi connectivity index (χ1v) is 6.17. The highest BCUT2D eigenvalue weighted by Crippen LogP contribution is 2.17. The van der Waals surface area contributed by atoms with Crippen LogP contribution in [-0.4, -0.2) is 11.2 Å². The van der Waals surface area contributed by atoms with Crippen molar-refractivity contribution in [3.05, 3.63) is 12.2 Å². The third-order valence-corrected chi connectivity index (χ3v) is 2.80. The minimum Gasteiger partial charge on any atom is -0.392 e. The first-order chi connectivity index (χ1) is 7.34. The summed E-state index contributed by atoms with van der Waals surface area (Å²) < 4.78 is 0. The Morgan fingerprint density at radius 2 is 2.27 bits per heavy atom. The minimum absolute atomic E-state index is 0.0714. The lowest BCUT2D eigenvalue weighted by Gasteiger charge is -2.16. The molecule has 0 heterocycles. The molecule has 0 radical (unpaired) electrons. The fraction of sp³-hybridized carbons (Fsp3) is 0.714. The Balaban J connectivity index is 2.46. The van der Waals surface area contributed by atoms with Gasteiger partial charge in [0.15, 0.2) is 0 Å². The van der Waals surface area contributed by atoms with Crippen molar-refractivity contribution in [1.82, 2.24) is 0 Å². The molecule has 0 aromatic rings. The van der Waals surface area contributed by atoms with Gasteiger partial charge < -0.3 is 5.11 Å². The number of aliphatic hydroxyl groups excluding tert-OH is 1. The third kappa shape index (κ3) is 5.04. The van der Waals surface area contributed by atoms with Crippen LogP contribution in [0.5, 0.6) is 0 Å². The molecule has 1 N–H and O–H groups in total. The molecular weight excluding hydrogens is 184 g/mol. The highest BCUT2D eigenvalue weighted by Gasteiger charge is 2.14. The van der Waals surface area contributed by atoms with Gasteiger partial charge in [-0.2, -0.15) is 0 Å². The number of rotatable bonds is 2. The quantitative estimate of drug-likeness (QED) is 0.417. The largest absolute Gasteiger partial charge is 0.392 e. The lowest BCUT2D eigenvalue weighted by Crippen LogP contribution is -2.18. The Labute approximate surface area is 93.6 Å². The van der Waals surface area contributed by atoms with E-state index >= 15 is 0 Å². The topological polar surface area (TPSA) is 20.2 Å². The van der Waals surface area contributed by atoms with Gasteiger partial charge >= 0.3 is 0 Å². The average Bonchev–Trinajstić information content (AvgIpc) is 2.22. The molecule has 84 valence electrons. The van der Waals surface area contributed by atoms with Gasteiger partial charge in [0, 0.05) is 6.42 Å². The van der Waals surface area contributed by atoms with E-state index < -0.39 is 0 Å². The fourth-order valence-electron chi connectivity index (χ4n) is 1.77. The second-order valence-electron chi connectivity index (χ2n) is 4.23. The van der Waals surface area contributed by atoms with Crippen LogP contribution in [0.3, 0.4) is 0 Å². The van der Waals surface area contributed by atoms with Gasteiger partial charge in [0.25, 0.3) is 0 Å². The first-order valence-electron chi connectivity index (χ1n) is 6.17. The van der Waals surface area contributed by atoms with Gasteiger partial charge in [-0.25, -0.2) is 0 Å². The summed E-state index contributed by atoms with van der Waals surface area (Å²) in [6.45, 7) is 2.17.